The second-order valence-corrected chi connectivity index (χ2v) is 6.68. The number of nitrogens with zero attached hydrogens (tertiary/aromatic N) is 1. The van der Waals surface area contributed by atoms with Crippen LogP contribution in [-0.4, -0.2) is 18.2 Å². The number of hydrogen-bond donors (Lipinski definition) is 1. The van der Waals surface area contributed by atoms with Crippen molar-refractivity contribution in [3.63, 3.8) is 0 Å². The Balaban J connectivity index is 2.46. The van der Waals surface area contributed by atoms with E-state index < -0.39 is 10.0 Å². The van der Waals surface area contributed by atoms with E-state index in [1.807, 2.05) is 6.92 Å². The zero-order valence-electron chi connectivity index (χ0n) is 10.9. The van der Waals surface area contributed by atoms with Crippen LogP contribution in [0.25, 0.3) is 0 Å². The molecular formula is C12H18N2O3S. The largest absolute Gasteiger partial charge is 0.311 e. The zero-order valence-corrected chi connectivity index (χ0v) is 11.7. The highest BCUT2D eigenvalue weighted by atomic mass is 32.2. The molecule has 1 saturated carbocycles. The molecule has 100 valence electrons. The van der Waals surface area contributed by atoms with Gasteiger partial charge in [-0.05, 0) is 39.7 Å². The molecule has 5 nitrogen and oxygen atoms in total. The fourth-order valence-electron chi connectivity index (χ4n) is 1.99. The molecule has 1 aromatic heterocycles. The molecule has 0 unspecified atom stereocenters. The Kier molecular flexibility index (Phi) is 3.23. The van der Waals surface area contributed by atoms with E-state index in [-0.39, 0.29) is 10.8 Å². The average molecular weight is 270 g/mol. The van der Waals surface area contributed by atoms with Gasteiger partial charge in [-0.3, -0.25) is 9.52 Å². The van der Waals surface area contributed by atoms with Gasteiger partial charge in [-0.1, -0.05) is 0 Å². The highest BCUT2D eigenvalue weighted by Crippen LogP contribution is 2.30. The number of sulfonamides is 1. The normalized spacial score (nSPS) is 15.7. The lowest BCUT2D eigenvalue weighted by molar-refractivity contribution is 0.599. The molecule has 1 aromatic rings. The van der Waals surface area contributed by atoms with Gasteiger partial charge in [0.2, 0.25) is 10.0 Å². The van der Waals surface area contributed by atoms with Gasteiger partial charge in [0.15, 0.2) is 0 Å². The third kappa shape index (κ3) is 2.29. The van der Waals surface area contributed by atoms with Gasteiger partial charge in [-0.15, -0.1) is 0 Å². The van der Waals surface area contributed by atoms with E-state index in [1.54, 1.807) is 24.5 Å². The number of aryl methyl sites for hydroxylation is 1. The predicted molar refractivity (Wildman–Crippen MR) is 71.4 cm³/mol. The smallest absolute Gasteiger partial charge is 0.253 e. The van der Waals surface area contributed by atoms with Crippen molar-refractivity contribution < 1.29 is 8.42 Å². The van der Waals surface area contributed by atoms with Crippen LogP contribution in [0.4, 0.5) is 5.69 Å². The quantitative estimate of drug-likeness (QED) is 0.899. The summed E-state index contributed by atoms with van der Waals surface area (Å²) < 4.78 is 28.0. The number of nitrogens with one attached hydrogen (secondary N) is 1. The van der Waals surface area contributed by atoms with Gasteiger partial charge in [-0.2, -0.15) is 0 Å². The molecule has 0 saturated heterocycles. The van der Waals surface area contributed by atoms with Gasteiger partial charge in [0.1, 0.15) is 0 Å². The van der Waals surface area contributed by atoms with Gasteiger partial charge >= 0.3 is 0 Å². The average Bonchev–Trinajstić information content (AvgIpc) is 3.10. The fraction of sp³-hybridized carbons (Fsp3) is 0.583. The fourth-order valence-corrected chi connectivity index (χ4v) is 3.43. The van der Waals surface area contributed by atoms with Crippen molar-refractivity contribution >= 4 is 15.7 Å². The highest BCUT2D eigenvalue weighted by Gasteiger charge is 2.36. The molecule has 0 bridgehead atoms. The summed E-state index contributed by atoms with van der Waals surface area (Å²) in [6, 6.07) is 1.61. The third-order valence-corrected chi connectivity index (χ3v) is 5.12. The van der Waals surface area contributed by atoms with E-state index in [9.17, 15) is 13.2 Å². The van der Waals surface area contributed by atoms with Crippen LogP contribution >= 0.6 is 0 Å². The Bertz CT molecular complexity index is 627. The minimum atomic E-state index is -3.28. The van der Waals surface area contributed by atoms with Crippen molar-refractivity contribution in [1.82, 2.24) is 4.57 Å². The summed E-state index contributed by atoms with van der Waals surface area (Å²) in [6.07, 6.45) is 1.45. The maximum Gasteiger partial charge on any atom is 0.253 e. The number of pyridine rings is 1. The first kappa shape index (κ1) is 13.1. The van der Waals surface area contributed by atoms with E-state index in [0.29, 0.717) is 23.5 Å². The molecular weight excluding hydrogens is 252 g/mol. The monoisotopic (exact) mass is 270 g/mol. The Labute approximate surface area is 107 Å². The number of anilines is 1. The molecule has 0 aliphatic heterocycles. The maximum atomic E-state index is 11.9. The molecule has 1 fully saturated rings. The van der Waals surface area contributed by atoms with Gasteiger partial charge < -0.3 is 4.57 Å². The topological polar surface area (TPSA) is 68.2 Å². The van der Waals surface area contributed by atoms with E-state index >= 15 is 0 Å². The van der Waals surface area contributed by atoms with Crippen LogP contribution in [0.1, 0.15) is 31.0 Å². The summed E-state index contributed by atoms with van der Waals surface area (Å²) in [5.41, 5.74) is 1.67. The molecule has 1 aliphatic rings. The van der Waals surface area contributed by atoms with Crippen molar-refractivity contribution in [2.45, 2.75) is 45.4 Å². The van der Waals surface area contributed by atoms with Crippen molar-refractivity contribution in [3.05, 3.63) is 27.7 Å². The van der Waals surface area contributed by atoms with Crippen molar-refractivity contribution in [1.29, 1.82) is 0 Å². The predicted octanol–water partition coefficient (Wildman–Crippen LogP) is 1.39. The first-order chi connectivity index (χ1) is 8.36. The van der Waals surface area contributed by atoms with Crippen molar-refractivity contribution in [3.8, 4) is 0 Å². The summed E-state index contributed by atoms with van der Waals surface area (Å²) >= 11 is 0. The molecule has 2 rings (SSSR count). The molecule has 0 spiro atoms. The summed E-state index contributed by atoms with van der Waals surface area (Å²) in [7, 11) is -3.28. The van der Waals surface area contributed by atoms with Crippen LogP contribution in [0.15, 0.2) is 10.9 Å². The van der Waals surface area contributed by atoms with Crippen LogP contribution in [0.3, 0.4) is 0 Å². The van der Waals surface area contributed by atoms with Crippen LogP contribution in [0.2, 0.25) is 0 Å². The lowest BCUT2D eigenvalue weighted by Crippen LogP contribution is -2.26. The van der Waals surface area contributed by atoms with Gasteiger partial charge in [-0.25, -0.2) is 8.42 Å². The van der Waals surface area contributed by atoms with E-state index in [0.717, 1.165) is 12.8 Å². The second kappa shape index (κ2) is 4.42. The van der Waals surface area contributed by atoms with Crippen molar-refractivity contribution in [2.24, 2.45) is 0 Å². The third-order valence-electron chi connectivity index (χ3n) is 3.27. The number of aromatic nitrogens is 1. The number of rotatable bonds is 4. The van der Waals surface area contributed by atoms with Crippen LogP contribution < -0.4 is 10.3 Å². The van der Waals surface area contributed by atoms with Gasteiger partial charge in [0.05, 0.1) is 10.9 Å². The van der Waals surface area contributed by atoms with Crippen LogP contribution in [-0.2, 0) is 16.6 Å². The Morgan fingerprint density at radius 2 is 2.00 bits per heavy atom. The second-order valence-electron chi connectivity index (χ2n) is 4.72. The summed E-state index contributed by atoms with van der Waals surface area (Å²) in [4.78, 5) is 11.9. The van der Waals surface area contributed by atoms with E-state index in [1.165, 1.54) is 0 Å². The van der Waals surface area contributed by atoms with Gasteiger partial charge in [0, 0.05) is 17.8 Å². The summed E-state index contributed by atoms with van der Waals surface area (Å²) in [6.45, 7) is 5.86. The van der Waals surface area contributed by atoms with Gasteiger partial charge in [0.25, 0.3) is 5.56 Å². The summed E-state index contributed by atoms with van der Waals surface area (Å²) in [5, 5.41) is -0.265. The Hall–Kier alpha value is -1.30. The minimum Gasteiger partial charge on any atom is -0.311 e. The molecule has 1 aliphatic carbocycles. The summed E-state index contributed by atoms with van der Waals surface area (Å²) in [5.74, 6) is 0. The standard InChI is InChI=1S/C12H18N2O3S/c1-4-14-9(3)11(7-8(2)12(14)15)13-18(16,17)10-5-6-10/h7,10,13H,4-6H2,1-3H3. The molecule has 0 amide bonds. The highest BCUT2D eigenvalue weighted by molar-refractivity contribution is 7.93. The molecule has 0 radical (unpaired) electrons. The van der Waals surface area contributed by atoms with E-state index in [2.05, 4.69) is 4.72 Å². The molecule has 18 heavy (non-hydrogen) atoms. The molecule has 1 heterocycles. The Morgan fingerprint density at radius 1 is 1.39 bits per heavy atom. The SMILES string of the molecule is CCn1c(C)c(NS(=O)(=O)C2CC2)cc(C)c1=O. The lowest BCUT2D eigenvalue weighted by atomic mass is 10.2. The number of hydrogen-bond acceptors (Lipinski definition) is 3. The Morgan fingerprint density at radius 3 is 2.50 bits per heavy atom. The maximum absolute atomic E-state index is 11.9. The van der Waals surface area contributed by atoms with Crippen LogP contribution in [0, 0.1) is 13.8 Å². The molecule has 1 N–H and O–H groups in total. The first-order valence-corrected chi connectivity index (χ1v) is 7.64. The zero-order chi connectivity index (χ0) is 13.5. The van der Waals surface area contributed by atoms with Crippen molar-refractivity contribution in [2.75, 3.05) is 4.72 Å². The molecule has 0 atom stereocenters. The van der Waals surface area contributed by atoms with Crippen LogP contribution in [0.5, 0.6) is 0 Å². The van der Waals surface area contributed by atoms with E-state index in [4.69, 9.17) is 0 Å². The lowest BCUT2D eigenvalue weighted by Gasteiger charge is -2.15. The minimum absolute atomic E-state index is 0.0654. The molecule has 0 aromatic carbocycles. The molecule has 6 heteroatoms. The first-order valence-electron chi connectivity index (χ1n) is 6.09.